The number of thioether (sulfide) groups is 1. The van der Waals surface area contributed by atoms with Gasteiger partial charge in [-0.3, -0.25) is 4.79 Å². The van der Waals surface area contributed by atoms with Crippen LogP contribution in [0.1, 0.15) is 23.8 Å². The Balaban J connectivity index is 1.85. The van der Waals surface area contributed by atoms with Crippen LogP contribution in [0.3, 0.4) is 0 Å². The molecule has 3 aromatic rings. The minimum absolute atomic E-state index is 0.00555. The summed E-state index contributed by atoms with van der Waals surface area (Å²) in [5, 5.41) is 0.821. The third kappa shape index (κ3) is 2.62. The van der Waals surface area contributed by atoms with Gasteiger partial charge >= 0.3 is 0 Å². The maximum atomic E-state index is 12.6. The van der Waals surface area contributed by atoms with Gasteiger partial charge in [0.15, 0.2) is 0 Å². The van der Waals surface area contributed by atoms with Gasteiger partial charge in [0.1, 0.15) is 10.7 Å². The molecule has 3 nitrogen and oxygen atoms in total. The van der Waals surface area contributed by atoms with Gasteiger partial charge in [0.05, 0.1) is 5.39 Å². The van der Waals surface area contributed by atoms with E-state index in [1.807, 2.05) is 12.1 Å². The van der Waals surface area contributed by atoms with E-state index in [0.29, 0.717) is 11.7 Å². The minimum Gasteiger partial charge on any atom is -0.306 e. The first-order chi connectivity index (χ1) is 11.2. The molecule has 0 amide bonds. The molecule has 118 valence electrons. The molecule has 5 heteroatoms. The fraction of sp³-hybridized carbons (Fsp3) is 0.333. The summed E-state index contributed by atoms with van der Waals surface area (Å²) in [6.45, 7) is 2.28. The molecule has 2 aromatic heterocycles. The molecule has 1 aliphatic rings. The maximum absolute atomic E-state index is 12.6. The summed E-state index contributed by atoms with van der Waals surface area (Å²) in [6.07, 6.45) is 5.30. The standard InChI is InChI=1S/C18H18N2OS2/c1-10-3-8-13-14(9-10)23-18-15(13)17(21)19-16(20-18)11-4-6-12(22-2)7-5-11/h4-7,10H,3,8-9H2,1-2H3,(H,19,20,21)/t10-/m1/s1. The molecule has 0 aliphatic heterocycles. The summed E-state index contributed by atoms with van der Waals surface area (Å²) in [4.78, 5) is 23.8. The van der Waals surface area contributed by atoms with E-state index in [1.54, 1.807) is 23.1 Å². The van der Waals surface area contributed by atoms with E-state index in [2.05, 4.69) is 30.3 Å². The summed E-state index contributed by atoms with van der Waals surface area (Å²) in [5.74, 6) is 1.37. The van der Waals surface area contributed by atoms with Gasteiger partial charge in [-0.25, -0.2) is 4.98 Å². The van der Waals surface area contributed by atoms with Crippen LogP contribution in [0.4, 0.5) is 0 Å². The summed E-state index contributed by atoms with van der Waals surface area (Å²) in [6, 6.07) is 8.16. The number of aryl methyl sites for hydroxylation is 1. The Bertz CT molecular complexity index is 925. The van der Waals surface area contributed by atoms with Gasteiger partial charge in [-0.15, -0.1) is 23.1 Å². The fourth-order valence-electron chi connectivity index (χ4n) is 3.23. The number of hydrogen-bond donors (Lipinski definition) is 1. The highest BCUT2D eigenvalue weighted by Crippen LogP contribution is 2.36. The van der Waals surface area contributed by atoms with E-state index in [0.717, 1.165) is 35.0 Å². The number of rotatable bonds is 2. The van der Waals surface area contributed by atoms with Crippen LogP contribution in [0.2, 0.25) is 0 Å². The number of aromatic amines is 1. The van der Waals surface area contributed by atoms with Gasteiger partial charge in [-0.2, -0.15) is 0 Å². The zero-order valence-corrected chi connectivity index (χ0v) is 14.8. The Kier molecular flexibility index (Phi) is 3.77. The molecule has 1 N–H and O–H groups in total. The topological polar surface area (TPSA) is 45.8 Å². The SMILES string of the molecule is CSc1ccc(-c2nc3sc4c(c3c(=O)[nH]2)CC[C@@H](C)C4)cc1. The number of nitrogens with zero attached hydrogens (tertiary/aromatic N) is 1. The van der Waals surface area contributed by atoms with Crippen LogP contribution in [0.5, 0.6) is 0 Å². The van der Waals surface area contributed by atoms with Gasteiger partial charge in [-0.05, 0) is 49.1 Å². The zero-order valence-electron chi connectivity index (χ0n) is 13.2. The molecule has 0 bridgehead atoms. The first-order valence-electron chi connectivity index (χ1n) is 7.84. The summed E-state index contributed by atoms with van der Waals surface area (Å²) in [5.41, 5.74) is 2.20. The minimum atomic E-state index is 0.00555. The van der Waals surface area contributed by atoms with E-state index < -0.39 is 0 Å². The molecule has 0 fully saturated rings. The first kappa shape index (κ1) is 15.0. The Morgan fingerprint density at radius 1 is 1.30 bits per heavy atom. The summed E-state index contributed by atoms with van der Waals surface area (Å²) < 4.78 is 0. The van der Waals surface area contributed by atoms with Crippen molar-refractivity contribution in [2.45, 2.75) is 31.1 Å². The molecular formula is C18H18N2OS2. The fourth-order valence-corrected chi connectivity index (χ4v) is 5.03. The van der Waals surface area contributed by atoms with Crippen molar-refractivity contribution in [3.8, 4) is 11.4 Å². The van der Waals surface area contributed by atoms with Crippen molar-refractivity contribution in [3.05, 3.63) is 45.1 Å². The van der Waals surface area contributed by atoms with Crippen molar-refractivity contribution >= 4 is 33.3 Å². The Hall–Kier alpha value is -1.59. The normalized spacial score (nSPS) is 17.4. The lowest BCUT2D eigenvalue weighted by Gasteiger charge is -2.17. The van der Waals surface area contributed by atoms with E-state index in [9.17, 15) is 4.79 Å². The van der Waals surface area contributed by atoms with E-state index >= 15 is 0 Å². The second-order valence-corrected chi connectivity index (χ2v) is 8.14. The van der Waals surface area contributed by atoms with Crippen molar-refractivity contribution in [2.24, 2.45) is 5.92 Å². The third-order valence-electron chi connectivity index (χ3n) is 4.53. The number of hydrogen-bond acceptors (Lipinski definition) is 4. The lowest BCUT2D eigenvalue weighted by Crippen LogP contribution is -2.13. The van der Waals surface area contributed by atoms with Crippen LogP contribution in [0, 0.1) is 5.92 Å². The quantitative estimate of drug-likeness (QED) is 0.698. The van der Waals surface area contributed by atoms with Crippen LogP contribution < -0.4 is 5.56 Å². The molecule has 1 atom stereocenters. The van der Waals surface area contributed by atoms with Crippen LogP contribution in [0.15, 0.2) is 34.0 Å². The number of benzene rings is 1. The second-order valence-electron chi connectivity index (χ2n) is 6.17. The zero-order chi connectivity index (χ0) is 16.0. The monoisotopic (exact) mass is 342 g/mol. The lowest BCUT2D eigenvalue weighted by molar-refractivity contribution is 0.509. The number of nitrogens with one attached hydrogen (secondary N) is 1. The average molecular weight is 342 g/mol. The molecule has 0 unspecified atom stereocenters. The Labute approximate surface area is 143 Å². The molecule has 23 heavy (non-hydrogen) atoms. The van der Waals surface area contributed by atoms with Crippen molar-refractivity contribution < 1.29 is 0 Å². The van der Waals surface area contributed by atoms with Gasteiger partial charge in [0.25, 0.3) is 5.56 Å². The number of fused-ring (bicyclic) bond motifs is 3. The Morgan fingerprint density at radius 3 is 2.83 bits per heavy atom. The van der Waals surface area contributed by atoms with E-state index in [-0.39, 0.29) is 5.56 Å². The predicted octanol–water partition coefficient (Wildman–Crippen LogP) is 4.50. The van der Waals surface area contributed by atoms with Gasteiger partial charge in [0.2, 0.25) is 0 Å². The van der Waals surface area contributed by atoms with Crippen LogP contribution in [0.25, 0.3) is 21.6 Å². The van der Waals surface area contributed by atoms with E-state index in [4.69, 9.17) is 4.98 Å². The number of aromatic nitrogens is 2. The molecule has 1 aliphatic carbocycles. The highest BCUT2D eigenvalue weighted by Gasteiger charge is 2.23. The molecule has 0 radical (unpaired) electrons. The number of thiophene rings is 1. The molecule has 4 rings (SSSR count). The summed E-state index contributed by atoms with van der Waals surface area (Å²) in [7, 11) is 0. The second kappa shape index (κ2) is 5.80. The van der Waals surface area contributed by atoms with Gasteiger partial charge in [0, 0.05) is 15.3 Å². The highest BCUT2D eigenvalue weighted by atomic mass is 32.2. The van der Waals surface area contributed by atoms with Crippen LogP contribution in [-0.4, -0.2) is 16.2 Å². The molecule has 0 saturated heterocycles. The first-order valence-corrected chi connectivity index (χ1v) is 9.89. The Morgan fingerprint density at radius 2 is 2.09 bits per heavy atom. The highest BCUT2D eigenvalue weighted by molar-refractivity contribution is 7.98. The van der Waals surface area contributed by atoms with E-state index in [1.165, 1.54) is 15.3 Å². The molecule has 0 saturated carbocycles. The molecule has 0 spiro atoms. The van der Waals surface area contributed by atoms with Crippen molar-refractivity contribution in [3.63, 3.8) is 0 Å². The van der Waals surface area contributed by atoms with Crippen molar-refractivity contribution in [2.75, 3.05) is 6.26 Å². The van der Waals surface area contributed by atoms with Crippen LogP contribution in [-0.2, 0) is 12.8 Å². The third-order valence-corrected chi connectivity index (χ3v) is 6.42. The number of H-pyrrole nitrogens is 1. The average Bonchev–Trinajstić information content (AvgIpc) is 2.92. The smallest absolute Gasteiger partial charge is 0.260 e. The molecule has 1 aromatic carbocycles. The van der Waals surface area contributed by atoms with Gasteiger partial charge in [-0.1, -0.05) is 19.1 Å². The molecular weight excluding hydrogens is 324 g/mol. The maximum Gasteiger partial charge on any atom is 0.260 e. The van der Waals surface area contributed by atoms with Gasteiger partial charge < -0.3 is 4.98 Å². The molecule has 2 heterocycles. The van der Waals surface area contributed by atoms with Crippen LogP contribution >= 0.6 is 23.1 Å². The summed E-state index contributed by atoms with van der Waals surface area (Å²) >= 11 is 3.41. The largest absolute Gasteiger partial charge is 0.306 e. The van der Waals surface area contributed by atoms with Crippen molar-refractivity contribution in [1.29, 1.82) is 0 Å². The predicted molar refractivity (Wildman–Crippen MR) is 98.6 cm³/mol. The lowest BCUT2D eigenvalue weighted by atomic mass is 9.89. The van der Waals surface area contributed by atoms with Crippen molar-refractivity contribution in [1.82, 2.24) is 9.97 Å².